The molecule has 0 bridgehead atoms. The molecule has 4 heteroatoms. The average Bonchev–Trinajstić information content (AvgIpc) is 3.10. The minimum atomic E-state index is 0.0541. The zero-order valence-electron chi connectivity index (χ0n) is 14.8. The third kappa shape index (κ3) is 3.90. The van der Waals surface area contributed by atoms with Crippen LogP contribution in [0.4, 0.5) is 0 Å². The molecule has 1 aliphatic heterocycles. The number of carbonyl (C=O) groups is 1. The van der Waals surface area contributed by atoms with Crippen molar-refractivity contribution in [3.8, 4) is 11.5 Å². The van der Waals surface area contributed by atoms with Crippen LogP contribution in [0.5, 0.6) is 11.5 Å². The highest BCUT2D eigenvalue weighted by Crippen LogP contribution is 2.33. The minimum Gasteiger partial charge on any atom is -0.454 e. The Kier molecular flexibility index (Phi) is 4.91. The predicted octanol–water partition coefficient (Wildman–Crippen LogP) is 4.26. The fraction of sp³-hybridized carbons (Fsp3) is 0.318. The Morgan fingerprint density at radius 3 is 2.65 bits per heavy atom. The van der Waals surface area contributed by atoms with Crippen LogP contribution in [0.2, 0.25) is 0 Å². The van der Waals surface area contributed by atoms with E-state index in [1.165, 1.54) is 19.3 Å². The Balaban J connectivity index is 1.46. The normalized spacial score (nSPS) is 15.8. The summed E-state index contributed by atoms with van der Waals surface area (Å²) in [6, 6.07) is 15.9. The Hall–Kier alpha value is -2.75. The quantitative estimate of drug-likeness (QED) is 0.732. The number of fused-ring (bicyclic) bond motifs is 1. The molecule has 0 unspecified atom stereocenters. The van der Waals surface area contributed by atoms with Gasteiger partial charge in [-0.3, -0.25) is 4.79 Å². The number of carbonyl (C=O) groups excluding carboxylic acids is 1. The molecule has 1 aliphatic carbocycles. The minimum absolute atomic E-state index is 0.0541. The van der Waals surface area contributed by atoms with Gasteiger partial charge in [-0.15, -0.1) is 0 Å². The van der Waals surface area contributed by atoms with E-state index >= 15 is 0 Å². The molecule has 1 amide bonds. The van der Waals surface area contributed by atoms with Crippen LogP contribution in [-0.2, 0) is 11.3 Å². The van der Waals surface area contributed by atoms with Crippen LogP contribution in [0, 0.1) is 5.92 Å². The second kappa shape index (κ2) is 7.65. The van der Waals surface area contributed by atoms with Crippen molar-refractivity contribution in [1.29, 1.82) is 0 Å². The Morgan fingerprint density at radius 2 is 1.88 bits per heavy atom. The molecular weight excluding hydrogens is 326 g/mol. The third-order valence-corrected chi connectivity index (χ3v) is 5.05. The van der Waals surface area contributed by atoms with E-state index in [-0.39, 0.29) is 12.7 Å². The SMILES string of the molecule is O=C(C=Cc1ccc2c(c1)OCO2)N(Cc1ccccc1)CC1CCC1. The van der Waals surface area contributed by atoms with Gasteiger partial charge >= 0.3 is 0 Å². The molecular formula is C22H23NO3. The molecule has 4 nitrogen and oxygen atoms in total. The van der Waals surface area contributed by atoms with E-state index in [1.54, 1.807) is 6.08 Å². The lowest BCUT2D eigenvalue weighted by molar-refractivity contribution is -0.127. The molecule has 4 rings (SSSR count). The molecule has 134 valence electrons. The van der Waals surface area contributed by atoms with Crippen molar-refractivity contribution >= 4 is 12.0 Å². The zero-order valence-corrected chi connectivity index (χ0v) is 14.8. The summed E-state index contributed by atoms with van der Waals surface area (Å²) in [5.41, 5.74) is 2.10. The van der Waals surface area contributed by atoms with Crippen LogP contribution in [0.25, 0.3) is 6.08 Å². The predicted molar refractivity (Wildman–Crippen MR) is 101 cm³/mol. The summed E-state index contributed by atoms with van der Waals surface area (Å²) in [6.07, 6.45) is 7.25. The number of amides is 1. The summed E-state index contributed by atoms with van der Waals surface area (Å²) in [4.78, 5) is 14.8. The molecule has 0 atom stereocenters. The first-order valence-corrected chi connectivity index (χ1v) is 9.18. The fourth-order valence-corrected chi connectivity index (χ4v) is 3.31. The molecule has 26 heavy (non-hydrogen) atoms. The number of rotatable bonds is 6. The highest BCUT2D eigenvalue weighted by molar-refractivity contribution is 5.91. The maximum atomic E-state index is 12.8. The van der Waals surface area contributed by atoms with E-state index in [2.05, 4.69) is 12.1 Å². The smallest absolute Gasteiger partial charge is 0.246 e. The van der Waals surface area contributed by atoms with Crippen LogP contribution in [0.1, 0.15) is 30.4 Å². The largest absolute Gasteiger partial charge is 0.454 e. The number of ether oxygens (including phenoxy) is 2. The molecule has 1 heterocycles. The molecule has 1 saturated carbocycles. The van der Waals surface area contributed by atoms with Gasteiger partial charge in [0, 0.05) is 19.2 Å². The highest BCUT2D eigenvalue weighted by atomic mass is 16.7. The average molecular weight is 349 g/mol. The maximum absolute atomic E-state index is 12.8. The van der Waals surface area contributed by atoms with Crippen LogP contribution >= 0.6 is 0 Å². The first-order valence-electron chi connectivity index (χ1n) is 9.18. The molecule has 0 aromatic heterocycles. The number of benzene rings is 2. The van der Waals surface area contributed by atoms with E-state index in [9.17, 15) is 4.79 Å². The van der Waals surface area contributed by atoms with Crippen LogP contribution in [0.15, 0.2) is 54.6 Å². The third-order valence-electron chi connectivity index (χ3n) is 5.05. The molecule has 0 saturated heterocycles. The zero-order chi connectivity index (χ0) is 17.8. The first kappa shape index (κ1) is 16.7. The van der Waals surface area contributed by atoms with Crippen molar-refractivity contribution in [3.63, 3.8) is 0 Å². The molecule has 2 aromatic rings. The van der Waals surface area contributed by atoms with Gasteiger partial charge in [0.2, 0.25) is 12.7 Å². The van der Waals surface area contributed by atoms with E-state index in [1.807, 2.05) is 47.4 Å². The number of hydrogen-bond donors (Lipinski definition) is 0. The van der Waals surface area contributed by atoms with Gasteiger partial charge < -0.3 is 14.4 Å². The maximum Gasteiger partial charge on any atom is 0.246 e. The monoisotopic (exact) mass is 349 g/mol. The lowest BCUT2D eigenvalue weighted by atomic mass is 9.85. The van der Waals surface area contributed by atoms with Crippen molar-refractivity contribution < 1.29 is 14.3 Å². The number of nitrogens with zero attached hydrogens (tertiary/aromatic N) is 1. The summed E-state index contributed by atoms with van der Waals surface area (Å²) in [5.74, 6) is 2.18. The highest BCUT2D eigenvalue weighted by Gasteiger charge is 2.23. The molecule has 2 aromatic carbocycles. The van der Waals surface area contributed by atoms with Crippen molar-refractivity contribution in [2.75, 3.05) is 13.3 Å². The van der Waals surface area contributed by atoms with Crippen molar-refractivity contribution in [3.05, 3.63) is 65.7 Å². The van der Waals surface area contributed by atoms with Gasteiger partial charge in [-0.1, -0.05) is 42.8 Å². The van der Waals surface area contributed by atoms with Crippen molar-refractivity contribution in [1.82, 2.24) is 4.90 Å². The van der Waals surface area contributed by atoms with E-state index in [0.29, 0.717) is 12.5 Å². The van der Waals surface area contributed by atoms with Gasteiger partial charge in [-0.25, -0.2) is 0 Å². The van der Waals surface area contributed by atoms with Crippen molar-refractivity contribution in [2.24, 2.45) is 5.92 Å². The Morgan fingerprint density at radius 1 is 1.08 bits per heavy atom. The van der Waals surface area contributed by atoms with E-state index in [0.717, 1.165) is 29.2 Å². The first-order chi connectivity index (χ1) is 12.8. The van der Waals surface area contributed by atoms with Crippen LogP contribution in [-0.4, -0.2) is 24.1 Å². The standard InChI is InChI=1S/C22H23NO3/c24-22(12-10-17-9-11-20-21(13-17)26-16-25-20)23(15-19-7-4-8-19)14-18-5-2-1-3-6-18/h1-3,5-6,9-13,19H,4,7-8,14-16H2. The topological polar surface area (TPSA) is 38.8 Å². The molecule has 0 N–H and O–H groups in total. The molecule has 1 fully saturated rings. The van der Waals surface area contributed by atoms with Crippen molar-refractivity contribution in [2.45, 2.75) is 25.8 Å². The Labute approximate surface area is 154 Å². The lowest BCUT2D eigenvalue weighted by Gasteiger charge is -2.32. The lowest BCUT2D eigenvalue weighted by Crippen LogP contribution is -2.36. The van der Waals surface area contributed by atoms with Crippen LogP contribution < -0.4 is 9.47 Å². The van der Waals surface area contributed by atoms with Crippen LogP contribution in [0.3, 0.4) is 0 Å². The second-order valence-electron chi connectivity index (χ2n) is 6.95. The van der Waals surface area contributed by atoms with Gasteiger partial charge in [0.15, 0.2) is 11.5 Å². The second-order valence-corrected chi connectivity index (χ2v) is 6.95. The van der Waals surface area contributed by atoms with Gasteiger partial charge in [-0.2, -0.15) is 0 Å². The summed E-state index contributed by atoms with van der Waals surface area (Å²) in [5, 5.41) is 0. The summed E-state index contributed by atoms with van der Waals surface area (Å²) >= 11 is 0. The Bertz CT molecular complexity index is 796. The number of hydrogen-bond acceptors (Lipinski definition) is 3. The fourth-order valence-electron chi connectivity index (χ4n) is 3.31. The van der Waals surface area contributed by atoms with Gasteiger partial charge in [0.1, 0.15) is 0 Å². The summed E-state index contributed by atoms with van der Waals surface area (Å²) < 4.78 is 10.7. The summed E-state index contributed by atoms with van der Waals surface area (Å²) in [7, 11) is 0. The summed E-state index contributed by atoms with van der Waals surface area (Å²) in [6.45, 7) is 1.74. The van der Waals surface area contributed by atoms with Gasteiger partial charge in [-0.05, 0) is 48.1 Å². The van der Waals surface area contributed by atoms with E-state index < -0.39 is 0 Å². The van der Waals surface area contributed by atoms with E-state index in [4.69, 9.17) is 9.47 Å². The molecule has 0 spiro atoms. The molecule has 2 aliphatic rings. The molecule has 0 radical (unpaired) electrons. The van der Waals surface area contributed by atoms with Gasteiger partial charge in [0.05, 0.1) is 0 Å². The van der Waals surface area contributed by atoms with Gasteiger partial charge in [0.25, 0.3) is 0 Å².